The lowest BCUT2D eigenvalue weighted by Gasteiger charge is -2.22. The molecule has 0 spiro atoms. The maximum atomic E-state index is 9.83. The first-order chi connectivity index (χ1) is 9.16. The number of aromatic hydroxyl groups is 3. The Hall–Kier alpha value is -1.90. The van der Waals surface area contributed by atoms with E-state index in [1.807, 2.05) is 18.2 Å². The average molecular weight is 258 g/mol. The highest BCUT2D eigenvalue weighted by Gasteiger charge is 2.17. The Labute approximate surface area is 112 Å². The molecule has 1 saturated carbocycles. The zero-order chi connectivity index (χ0) is 13.4. The van der Waals surface area contributed by atoms with Gasteiger partial charge >= 0.3 is 0 Å². The van der Waals surface area contributed by atoms with Crippen LogP contribution in [0.5, 0.6) is 17.2 Å². The summed E-state index contributed by atoms with van der Waals surface area (Å²) in [7, 11) is 0. The Morgan fingerprint density at radius 3 is 2.32 bits per heavy atom. The first-order valence-corrected chi connectivity index (χ1v) is 6.84. The van der Waals surface area contributed by atoms with Gasteiger partial charge in [-0.25, -0.2) is 0 Å². The molecule has 0 amide bonds. The zero-order valence-electron chi connectivity index (χ0n) is 10.8. The normalized spacial score (nSPS) is 16.8. The SMILES string of the molecule is Oc1cc2cc(C3CCCCC3)ccc2c(O)c1O. The minimum atomic E-state index is -0.446. The summed E-state index contributed by atoms with van der Waals surface area (Å²) in [6, 6.07) is 7.38. The van der Waals surface area contributed by atoms with E-state index in [-0.39, 0.29) is 11.5 Å². The molecule has 1 aliphatic rings. The Kier molecular flexibility index (Phi) is 2.97. The van der Waals surface area contributed by atoms with E-state index >= 15 is 0 Å². The molecule has 0 saturated heterocycles. The summed E-state index contributed by atoms with van der Waals surface area (Å²) in [4.78, 5) is 0. The van der Waals surface area contributed by atoms with Gasteiger partial charge in [0.05, 0.1) is 0 Å². The van der Waals surface area contributed by atoms with Crippen LogP contribution in [0.1, 0.15) is 43.6 Å². The lowest BCUT2D eigenvalue weighted by atomic mass is 9.83. The van der Waals surface area contributed by atoms with Crippen LogP contribution in [0.15, 0.2) is 24.3 Å². The van der Waals surface area contributed by atoms with Gasteiger partial charge in [0.2, 0.25) is 5.75 Å². The van der Waals surface area contributed by atoms with E-state index in [4.69, 9.17) is 0 Å². The van der Waals surface area contributed by atoms with E-state index < -0.39 is 5.75 Å². The smallest absolute Gasteiger partial charge is 0.200 e. The fraction of sp³-hybridized carbons (Fsp3) is 0.375. The van der Waals surface area contributed by atoms with Gasteiger partial charge in [0.1, 0.15) is 0 Å². The average Bonchev–Trinajstić information content (AvgIpc) is 2.45. The van der Waals surface area contributed by atoms with E-state index in [2.05, 4.69) is 0 Å². The molecule has 19 heavy (non-hydrogen) atoms. The van der Waals surface area contributed by atoms with Gasteiger partial charge < -0.3 is 15.3 Å². The van der Waals surface area contributed by atoms with Crippen LogP contribution >= 0.6 is 0 Å². The van der Waals surface area contributed by atoms with Crippen molar-refractivity contribution in [1.82, 2.24) is 0 Å². The molecule has 3 heteroatoms. The largest absolute Gasteiger partial charge is 0.504 e. The van der Waals surface area contributed by atoms with Crippen LogP contribution in [-0.4, -0.2) is 15.3 Å². The second-order valence-electron chi connectivity index (χ2n) is 5.41. The summed E-state index contributed by atoms with van der Waals surface area (Å²) in [5.41, 5.74) is 1.26. The van der Waals surface area contributed by atoms with Crippen molar-refractivity contribution in [2.75, 3.05) is 0 Å². The van der Waals surface area contributed by atoms with Crippen molar-refractivity contribution in [3.63, 3.8) is 0 Å². The Balaban J connectivity index is 2.08. The summed E-state index contributed by atoms with van der Waals surface area (Å²) in [6.07, 6.45) is 6.28. The summed E-state index contributed by atoms with van der Waals surface area (Å²) < 4.78 is 0. The Bertz CT molecular complexity index is 613. The van der Waals surface area contributed by atoms with E-state index in [0.717, 1.165) is 5.39 Å². The molecule has 0 heterocycles. The molecule has 0 radical (unpaired) electrons. The van der Waals surface area contributed by atoms with Crippen molar-refractivity contribution >= 4 is 10.8 Å². The third-order valence-electron chi connectivity index (χ3n) is 4.17. The molecule has 0 atom stereocenters. The van der Waals surface area contributed by atoms with Crippen LogP contribution in [0.3, 0.4) is 0 Å². The Morgan fingerprint density at radius 1 is 0.842 bits per heavy atom. The maximum Gasteiger partial charge on any atom is 0.200 e. The van der Waals surface area contributed by atoms with Gasteiger partial charge in [-0.1, -0.05) is 37.5 Å². The molecule has 2 aromatic rings. The minimum absolute atomic E-state index is 0.245. The van der Waals surface area contributed by atoms with Gasteiger partial charge in [0, 0.05) is 5.39 Å². The molecule has 3 N–H and O–H groups in total. The maximum absolute atomic E-state index is 9.83. The van der Waals surface area contributed by atoms with Crippen molar-refractivity contribution in [3.05, 3.63) is 29.8 Å². The van der Waals surface area contributed by atoms with Crippen molar-refractivity contribution < 1.29 is 15.3 Å². The molecule has 1 aliphatic carbocycles. The summed E-state index contributed by atoms with van der Waals surface area (Å²) in [5.74, 6) is -0.384. The van der Waals surface area contributed by atoms with Crippen LogP contribution in [0, 0.1) is 0 Å². The summed E-state index contributed by atoms with van der Waals surface area (Å²) >= 11 is 0. The number of fused-ring (bicyclic) bond motifs is 1. The number of hydrogen-bond donors (Lipinski definition) is 3. The van der Waals surface area contributed by atoms with Gasteiger partial charge in [-0.2, -0.15) is 0 Å². The molecule has 0 aromatic heterocycles. The summed E-state index contributed by atoms with van der Waals surface area (Å²) in [5, 5.41) is 30.3. The predicted octanol–water partition coefficient (Wildman–Crippen LogP) is 4.00. The predicted molar refractivity (Wildman–Crippen MR) is 74.8 cm³/mol. The fourth-order valence-corrected chi connectivity index (χ4v) is 3.07. The molecular weight excluding hydrogens is 240 g/mol. The number of phenolic OH excluding ortho intramolecular Hbond substituents is 3. The molecule has 1 fully saturated rings. The minimum Gasteiger partial charge on any atom is -0.504 e. The van der Waals surface area contributed by atoms with Crippen molar-refractivity contribution in [2.24, 2.45) is 0 Å². The highest BCUT2D eigenvalue weighted by Crippen LogP contribution is 2.42. The molecule has 100 valence electrons. The third-order valence-corrected chi connectivity index (χ3v) is 4.17. The van der Waals surface area contributed by atoms with E-state index in [1.54, 1.807) is 0 Å². The van der Waals surface area contributed by atoms with Crippen LogP contribution < -0.4 is 0 Å². The number of rotatable bonds is 1. The van der Waals surface area contributed by atoms with Gasteiger partial charge in [-0.05, 0) is 35.8 Å². The van der Waals surface area contributed by atoms with Crippen molar-refractivity contribution in [2.45, 2.75) is 38.0 Å². The zero-order valence-corrected chi connectivity index (χ0v) is 10.8. The first-order valence-electron chi connectivity index (χ1n) is 6.84. The molecular formula is C16H18O3. The van der Waals surface area contributed by atoms with Gasteiger partial charge in [-0.3, -0.25) is 0 Å². The van der Waals surface area contributed by atoms with Crippen molar-refractivity contribution in [1.29, 1.82) is 0 Å². The number of phenols is 3. The lowest BCUT2D eigenvalue weighted by molar-refractivity contribution is 0.371. The number of hydrogen-bond acceptors (Lipinski definition) is 3. The van der Waals surface area contributed by atoms with Crippen LogP contribution in [0.4, 0.5) is 0 Å². The van der Waals surface area contributed by atoms with E-state index in [1.165, 1.54) is 43.7 Å². The van der Waals surface area contributed by atoms with E-state index in [9.17, 15) is 15.3 Å². The molecule has 3 rings (SSSR count). The second kappa shape index (κ2) is 4.65. The fourth-order valence-electron chi connectivity index (χ4n) is 3.07. The monoisotopic (exact) mass is 258 g/mol. The van der Waals surface area contributed by atoms with Gasteiger partial charge in [0.25, 0.3) is 0 Å². The van der Waals surface area contributed by atoms with Crippen LogP contribution in [0.25, 0.3) is 10.8 Å². The highest BCUT2D eigenvalue weighted by molar-refractivity contribution is 5.92. The van der Waals surface area contributed by atoms with Crippen LogP contribution in [-0.2, 0) is 0 Å². The third kappa shape index (κ3) is 2.09. The first kappa shape index (κ1) is 12.2. The van der Waals surface area contributed by atoms with Crippen molar-refractivity contribution in [3.8, 4) is 17.2 Å². The Morgan fingerprint density at radius 2 is 1.58 bits per heavy atom. The standard InChI is InChI=1S/C16H18O3/c17-14-9-12-8-11(10-4-2-1-3-5-10)6-7-13(12)15(18)16(14)19/h6-10,17-19H,1-5H2. The lowest BCUT2D eigenvalue weighted by Crippen LogP contribution is -2.04. The number of benzene rings is 2. The van der Waals surface area contributed by atoms with Gasteiger partial charge in [-0.15, -0.1) is 0 Å². The topological polar surface area (TPSA) is 60.7 Å². The second-order valence-corrected chi connectivity index (χ2v) is 5.41. The highest BCUT2D eigenvalue weighted by atomic mass is 16.3. The molecule has 3 nitrogen and oxygen atoms in total. The van der Waals surface area contributed by atoms with Crippen LogP contribution in [0.2, 0.25) is 0 Å². The van der Waals surface area contributed by atoms with E-state index in [0.29, 0.717) is 11.3 Å². The quantitative estimate of drug-likeness (QED) is 0.677. The molecule has 0 aliphatic heterocycles. The molecule has 0 bridgehead atoms. The molecule has 2 aromatic carbocycles. The molecule has 0 unspecified atom stereocenters. The summed E-state index contributed by atoms with van der Waals surface area (Å²) in [6.45, 7) is 0. The van der Waals surface area contributed by atoms with Gasteiger partial charge in [0.15, 0.2) is 11.5 Å².